The van der Waals surface area contributed by atoms with Crippen LogP contribution in [0, 0.1) is 24.7 Å². The summed E-state index contributed by atoms with van der Waals surface area (Å²) in [6.07, 6.45) is 5.77. The summed E-state index contributed by atoms with van der Waals surface area (Å²) in [5, 5.41) is 17.7. The minimum atomic E-state index is -1.38. The fraction of sp³-hybridized carbons (Fsp3) is 0.465. The Kier molecular flexibility index (Phi) is 16.1. The van der Waals surface area contributed by atoms with Gasteiger partial charge in [0.05, 0.1) is 12.2 Å². The maximum absolute atomic E-state index is 14.4. The second-order valence-corrected chi connectivity index (χ2v) is 15.0. The summed E-state index contributed by atoms with van der Waals surface area (Å²) in [7, 11) is 0. The molecule has 0 saturated carbocycles. The minimum Gasteiger partial charge on any atom is -0.480 e. The first-order valence-corrected chi connectivity index (χ1v) is 19.6. The zero-order valence-corrected chi connectivity index (χ0v) is 33.3. The van der Waals surface area contributed by atoms with Crippen molar-refractivity contribution in [1.82, 2.24) is 30.8 Å². The Bertz CT molecular complexity index is 1890. The third-order valence-corrected chi connectivity index (χ3v) is 10.5. The molecule has 2 heterocycles. The quantitative estimate of drug-likeness (QED) is 0.0968. The molecule has 2 aromatic carbocycles. The highest BCUT2D eigenvalue weighted by atomic mass is 16.4. The van der Waals surface area contributed by atoms with Crippen molar-refractivity contribution in [1.29, 1.82) is 0 Å². The molecule has 14 heteroatoms. The van der Waals surface area contributed by atoms with E-state index in [0.29, 0.717) is 24.8 Å². The summed E-state index contributed by atoms with van der Waals surface area (Å²) < 4.78 is 0. The molecule has 14 nitrogen and oxygen atoms in total. The molecule has 1 aliphatic heterocycles. The summed E-state index contributed by atoms with van der Waals surface area (Å²) in [5.74, 6) is -6.93. The Morgan fingerprint density at radius 3 is 2.19 bits per heavy atom. The number of ketones is 2. The van der Waals surface area contributed by atoms with E-state index in [1.54, 1.807) is 51.1 Å². The minimum absolute atomic E-state index is 0.0461. The van der Waals surface area contributed by atoms with Crippen molar-refractivity contribution < 1.29 is 38.7 Å². The molecule has 1 unspecified atom stereocenters. The highest BCUT2D eigenvalue weighted by molar-refractivity contribution is 6.38. The standard InChI is InChI=1S/C43H54N6O8/c1-6-13-32(38(51)41(54)47-33(43(56)57)22-28-15-9-8-10-16-28)46-40(53)37-29(7-2)18-21-49(37)42(55)36(26(3)4)48-39(52)31(23-30-17-12-11-14-27(30)5)24-35(50)34-25-44-19-20-45-34/h8-12,14-17,19-20,25-26,29,31-33,36-37H,6-7,13,18,21-24H2,1-5H3,(H,46,53)(H,47,54)(H,48,52)(H,56,57)/t29-,31+,32?,33-,36-,37-/m0/s1. The van der Waals surface area contributed by atoms with Gasteiger partial charge in [-0.2, -0.15) is 0 Å². The Labute approximate surface area is 333 Å². The normalized spacial score (nSPS) is 17.2. The first-order valence-electron chi connectivity index (χ1n) is 19.6. The van der Waals surface area contributed by atoms with Crippen molar-refractivity contribution in [2.75, 3.05) is 6.54 Å². The van der Waals surface area contributed by atoms with Gasteiger partial charge < -0.3 is 26.0 Å². The van der Waals surface area contributed by atoms with Crippen LogP contribution >= 0.6 is 0 Å². The predicted octanol–water partition coefficient (Wildman–Crippen LogP) is 3.65. The van der Waals surface area contributed by atoms with Crippen molar-refractivity contribution in [2.45, 2.75) is 104 Å². The molecule has 4 N–H and O–H groups in total. The van der Waals surface area contributed by atoms with E-state index in [1.165, 1.54) is 23.5 Å². The summed E-state index contributed by atoms with van der Waals surface area (Å²) in [4.78, 5) is 104. The molecule has 304 valence electrons. The van der Waals surface area contributed by atoms with E-state index < -0.39 is 71.4 Å². The predicted molar refractivity (Wildman–Crippen MR) is 212 cm³/mol. The molecule has 1 saturated heterocycles. The van der Waals surface area contributed by atoms with Crippen LogP contribution in [0.4, 0.5) is 0 Å². The number of hydrogen-bond acceptors (Lipinski definition) is 9. The number of likely N-dealkylation sites (tertiary alicyclic amines) is 1. The van der Waals surface area contributed by atoms with Crippen molar-refractivity contribution in [3.63, 3.8) is 0 Å². The lowest BCUT2D eigenvalue weighted by Crippen LogP contribution is -2.59. The van der Waals surface area contributed by atoms with Crippen LogP contribution in [0.3, 0.4) is 0 Å². The number of carbonyl (C=O) groups is 7. The number of amides is 4. The monoisotopic (exact) mass is 782 g/mol. The van der Waals surface area contributed by atoms with Crippen molar-refractivity contribution in [3.05, 3.63) is 95.6 Å². The number of nitrogens with zero attached hydrogens (tertiary/aromatic N) is 3. The van der Waals surface area contributed by atoms with E-state index >= 15 is 0 Å². The summed E-state index contributed by atoms with van der Waals surface area (Å²) in [5.41, 5.74) is 2.60. The van der Waals surface area contributed by atoms with Crippen LogP contribution in [0.15, 0.2) is 73.2 Å². The van der Waals surface area contributed by atoms with Crippen LogP contribution in [0.2, 0.25) is 0 Å². The molecule has 0 aliphatic carbocycles. The summed E-state index contributed by atoms with van der Waals surface area (Å²) in [6, 6.07) is 11.5. The van der Waals surface area contributed by atoms with Gasteiger partial charge in [0.2, 0.25) is 23.5 Å². The van der Waals surface area contributed by atoms with Gasteiger partial charge >= 0.3 is 5.97 Å². The number of aromatic nitrogens is 2. The highest BCUT2D eigenvalue weighted by Gasteiger charge is 2.45. The molecule has 4 amide bonds. The number of carboxylic acid groups (broad SMARTS) is 1. The Morgan fingerprint density at radius 1 is 0.877 bits per heavy atom. The largest absolute Gasteiger partial charge is 0.480 e. The first-order chi connectivity index (χ1) is 27.2. The third-order valence-electron chi connectivity index (χ3n) is 10.5. The van der Waals surface area contributed by atoms with E-state index in [4.69, 9.17) is 0 Å². The van der Waals surface area contributed by atoms with E-state index in [2.05, 4.69) is 25.9 Å². The number of benzene rings is 2. The Balaban J connectivity index is 1.52. The van der Waals surface area contributed by atoms with Crippen LogP contribution in [0.25, 0.3) is 0 Å². The van der Waals surface area contributed by atoms with Crippen LogP contribution in [-0.4, -0.2) is 91.9 Å². The number of carbonyl (C=O) groups excluding carboxylic acids is 6. The number of rotatable bonds is 20. The topological polar surface area (TPSA) is 205 Å². The average Bonchev–Trinajstić information content (AvgIpc) is 3.64. The van der Waals surface area contributed by atoms with Gasteiger partial charge in [-0.25, -0.2) is 9.78 Å². The number of aryl methyl sites for hydroxylation is 1. The maximum Gasteiger partial charge on any atom is 0.326 e. The van der Waals surface area contributed by atoms with Crippen LogP contribution < -0.4 is 16.0 Å². The molecule has 1 aliphatic rings. The molecule has 4 rings (SSSR count). The van der Waals surface area contributed by atoms with Gasteiger partial charge in [-0.3, -0.25) is 33.8 Å². The molecular weight excluding hydrogens is 729 g/mol. The molecule has 6 atom stereocenters. The van der Waals surface area contributed by atoms with Gasteiger partial charge in [-0.1, -0.05) is 95.1 Å². The lowest BCUT2D eigenvalue weighted by atomic mass is 9.90. The number of nitrogens with one attached hydrogen (secondary N) is 3. The van der Waals surface area contributed by atoms with Gasteiger partial charge in [0.15, 0.2) is 5.78 Å². The Morgan fingerprint density at radius 2 is 1.58 bits per heavy atom. The molecule has 57 heavy (non-hydrogen) atoms. The molecule has 0 spiro atoms. The van der Waals surface area contributed by atoms with E-state index in [1.807, 2.05) is 38.1 Å². The molecular formula is C43H54N6O8. The van der Waals surface area contributed by atoms with Gasteiger partial charge in [0.25, 0.3) is 5.91 Å². The second-order valence-electron chi connectivity index (χ2n) is 15.0. The van der Waals surface area contributed by atoms with Gasteiger partial charge in [-0.15, -0.1) is 0 Å². The summed E-state index contributed by atoms with van der Waals surface area (Å²) >= 11 is 0. The zero-order chi connectivity index (χ0) is 41.6. The first kappa shape index (κ1) is 43.9. The molecule has 3 aromatic rings. The fourth-order valence-electron chi connectivity index (χ4n) is 7.24. The fourth-order valence-corrected chi connectivity index (χ4v) is 7.24. The average molecular weight is 783 g/mol. The molecule has 1 fully saturated rings. The van der Waals surface area contributed by atoms with Crippen molar-refractivity contribution in [3.8, 4) is 0 Å². The highest BCUT2D eigenvalue weighted by Crippen LogP contribution is 2.29. The molecule has 1 aromatic heterocycles. The SMILES string of the molecule is CCCC(NC(=O)[C@@H]1[C@@H](CC)CCN1C(=O)[C@@H](NC(=O)[C@@H](CC(=O)c1cnccn1)Cc1ccccc1C)C(C)C)C(=O)C(=O)N[C@@H](Cc1ccccc1)C(=O)O. The third kappa shape index (κ3) is 11.9. The smallest absolute Gasteiger partial charge is 0.326 e. The summed E-state index contributed by atoms with van der Waals surface area (Å²) in [6.45, 7) is 9.38. The maximum atomic E-state index is 14.4. The number of aliphatic carboxylic acids is 1. The number of carboxylic acids is 1. The van der Waals surface area contributed by atoms with Crippen LogP contribution in [-0.2, 0) is 41.6 Å². The number of hydrogen-bond donors (Lipinski definition) is 4. The second kappa shape index (κ2) is 20.9. The number of Topliss-reactive ketones (excluding diaryl/α,β-unsaturated/α-hetero) is 2. The van der Waals surface area contributed by atoms with Crippen molar-refractivity contribution >= 4 is 41.2 Å². The van der Waals surface area contributed by atoms with E-state index in [0.717, 1.165) is 11.1 Å². The van der Waals surface area contributed by atoms with E-state index in [9.17, 15) is 38.7 Å². The van der Waals surface area contributed by atoms with Crippen molar-refractivity contribution in [2.24, 2.45) is 17.8 Å². The lowest BCUT2D eigenvalue weighted by Gasteiger charge is -2.33. The lowest BCUT2D eigenvalue weighted by molar-refractivity contribution is -0.146. The molecule has 0 radical (unpaired) electrons. The Hall–Kier alpha value is -5.79. The van der Waals surface area contributed by atoms with Gasteiger partial charge in [0.1, 0.15) is 23.8 Å². The van der Waals surface area contributed by atoms with E-state index in [-0.39, 0.29) is 49.6 Å². The molecule has 0 bridgehead atoms. The van der Waals surface area contributed by atoms with Crippen LogP contribution in [0.1, 0.15) is 87.0 Å². The van der Waals surface area contributed by atoms with Gasteiger partial charge in [-0.05, 0) is 54.7 Å². The zero-order valence-electron chi connectivity index (χ0n) is 33.3. The van der Waals surface area contributed by atoms with Gasteiger partial charge in [0, 0.05) is 37.7 Å². The van der Waals surface area contributed by atoms with Crippen LogP contribution in [0.5, 0.6) is 0 Å².